The summed E-state index contributed by atoms with van der Waals surface area (Å²) in [7, 11) is 0. The molecule has 1 aromatic rings. The van der Waals surface area contributed by atoms with Crippen LogP contribution < -0.4 is 10.6 Å². The molecule has 0 saturated heterocycles. The third-order valence-electron chi connectivity index (χ3n) is 2.74. The Hall–Kier alpha value is -2.04. The van der Waals surface area contributed by atoms with Crippen LogP contribution in [0.1, 0.15) is 22.8 Å². The zero-order valence-corrected chi connectivity index (χ0v) is 8.86. The maximum Gasteiger partial charge on any atom is 0.336 e. The van der Waals surface area contributed by atoms with Crippen LogP contribution in [-0.2, 0) is 11.2 Å². The van der Waals surface area contributed by atoms with Crippen molar-refractivity contribution in [2.75, 3.05) is 17.2 Å². The highest BCUT2D eigenvalue weighted by atomic mass is 16.4. The molecule has 1 aliphatic rings. The molecule has 0 aromatic heterocycles. The van der Waals surface area contributed by atoms with E-state index in [0.717, 1.165) is 0 Å². The van der Waals surface area contributed by atoms with Gasteiger partial charge in [0, 0.05) is 24.8 Å². The molecule has 0 aliphatic carbocycles. The molecule has 3 N–H and O–H groups in total. The number of nitrogens with zero attached hydrogens (tertiary/aromatic N) is 1. The highest BCUT2D eigenvalue weighted by Crippen LogP contribution is 2.33. The Bertz CT molecular complexity index is 482. The molecule has 5 heteroatoms. The van der Waals surface area contributed by atoms with Crippen molar-refractivity contribution in [1.82, 2.24) is 0 Å². The summed E-state index contributed by atoms with van der Waals surface area (Å²) in [6.07, 6.45) is 0.566. The lowest BCUT2D eigenvalue weighted by Gasteiger charge is -2.15. The van der Waals surface area contributed by atoms with Crippen molar-refractivity contribution in [2.24, 2.45) is 0 Å². The molecule has 1 aromatic carbocycles. The van der Waals surface area contributed by atoms with Gasteiger partial charge in [-0.1, -0.05) is 0 Å². The van der Waals surface area contributed by atoms with E-state index in [9.17, 15) is 9.59 Å². The van der Waals surface area contributed by atoms with Gasteiger partial charge in [-0.2, -0.15) is 0 Å². The van der Waals surface area contributed by atoms with E-state index in [0.29, 0.717) is 29.9 Å². The van der Waals surface area contributed by atoms with Crippen molar-refractivity contribution in [2.45, 2.75) is 13.3 Å². The fourth-order valence-corrected chi connectivity index (χ4v) is 2.04. The van der Waals surface area contributed by atoms with Gasteiger partial charge in [-0.3, -0.25) is 4.79 Å². The molecule has 2 rings (SSSR count). The quantitative estimate of drug-likeness (QED) is 0.688. The van der Waals surface area contributed by atoms with E-state index in [1.807, 2.05) is 0 Å². The van der Waals surface area contributed by atoms with Gasteiger partial charge < -0.3 is 15.7 Å². The molecular formula is C11H12N2O3. The maximum atomic E-state index is 11.3. The summed E-state index contributed by atoms with van der Waals surface area (Å²) in [5.41, 5.74) is 7.51. The molecule has 0 bridgehead atoms. The van der Waals surface area contributed by atoms with Gasteiger partial charge in [-0.25, -0.2) is 4.79 Å². The number of hydrogen-bond donors (Lipinski definition) is 2. The minimum absolute atomic E-state index is 0.0966. The van der Waals surface area contributed by atoms with E-state index < -0.39 is 5.97 Å². The van der Waals surface area contributed by atoms with Gasteiger partial charge in [0.1, 0.15) is 0 Å². The molecule has 5 nitrogen and oxygen atoms in total. The van der Waals surface area contributed by atoms with Crippen LogP contribution in [0.5, 0.6) is 0 Å². The van der Waals surface area contributed by atoms with Crippen LogP contribution in [0.3, 0.4) is 0 Å². The van der Waals surface area contributed by atoms with Gasteiger partial charge in [0.05, 0.1) is 5.56 Å². The Labute approximate surface area is 92.5 Å². The molecule has 0 fully saturated rings. The molecule has 1 heterocycles. The lowest BCUT2D eigenvalue weighted by atomic mass is 10.0. The Morgan fingerprint density at radius 3 is 2.69 bits per heavy atom. The van der Waals surface area contributed by atoms with Crippen molar-refractivity contribution >= 4 is 23.3 Å². The lowest BCUT2D eigenvalue weighted by molar-refractivity contribution is -0.116. The largest absolute Gasteiger partial charge is 0.478 e. The number of nitrogens with two attached hydrogens (primary N) is 1. The van der Waals surface area contributed by atoms with Crippen molar-refractivity contribution in [3.63, 3.8) is 0 Å². The van der Waals surface area contributed by atoms with E-state index >= 15 is 0 Å². The summed E-state index contributed by atoms with van der Waals surface area (Å²) in [6.45, 7) is 1.98. The molecule has 1 aliphatic heterocycles. The summed E-state index contributed by atoms with van der Waals surface area (Å²) in [4.78, 5) is 23.9. The Balaban J connectivity index is 2.60. The average Bonchev–Trinajstić information content (AvgIpc) is 2.59. The standard InChI is InChI=1S/C11H12N2O3/c1-6(14)13-3-2-8-9(11(15)16)4-7(12)5-10(8)13/h4-5H,2-3,12H2,1H3,(H,15,16). The summed E-state index contributed by atoms with van der Waals surface area (Å²) in [6, 6.07) is 3.08. The number of carboxylic acid groups (broad SMARTS) is 1. The molecule has 0 unspecified atom stereocenters. The number of nitrogen functional groups attached to an aromatic ring is 1. The van der Waals surface area contributed by atoms with Crippen LogP contribution in [0.25, 0.3) is 0 Å². The number of fused-ring (bicyclic) bond motifs is 1. The van der Waals surface area contributed by atoms with Crippen LogP contribution >= 0.6 is 0 Å². The molecule has 0 saturated carbocycles. The number of aromatic carboxylic acids is 1. The second-order valence-electron chi connectivity index (χ2n) is 3.79. The number of rotatable bonds is 1. The zero-order valence-electron chi connectivity index (χ0n) is 8.86. The molecule has 16 heavy (non-hydrogen) atoms. The highest BCUT2D eigenvalue weighted by Gasteiger charge is 2.27. The first kappa shape index (κ1) is 10.5. The first-order valence-electron chi connectivity index (χ1n) is 4.94. The smallest absolute Gasteiger partial charge is 0.336 e. The molecule has 84 valence electrons. The molecule has 0 atom stereocenters. The second-order valence-corrected chi connectivity index (χ2v) is 3.79. The molecule has 0 spiro atoms. The topological polar surface area (TPSA) is 83.6 Å². The van der Waals surface area contributed by atoms with Crippen molar-refractivity contribution < 1.29 is 14.7 Å². The number of carboxylic acids is 1. The number of benzene rings is 1. The van der Waals surface area contributed by atoms with Gasteiger partial charge >= 0.3 is 5.97 Å². The van der Waals surface area contributed by atoms with E-state index in [1.54, 1.807) is 11.0 Å². The normalized spacial score (nSPS) is 13.7. The Morgan fingerprint density at radius 1 is 1.44 bits per heavy atom. The van der Waals surface area contributed by atoms with Crippen LogP contribution in [0.4, 0.5) is 11.4 Å². The van der Waals surface area contributed by atoms with Crippen molar-refractivity contribution in [1.29, 1.82) is 0 Å². The maximum absolute atomic E-state index is 11.3. The number of anilines is 2. The number of carbonyl (C=O) groups is 2. The average molecular weight is 220 g/mol. The van der Waals surface area contributed by atoms with Crippen LogP contribution in [-0.4, -0.2) is 23.5 Å². The fraction of sp³-hybridized carbons (Fsp3) is 0.273. The highest BCUT2D eigenvalue weighted by molar-refractivity contribution is 5.99. The van der Waals surface area contributed by atoms with Crippen LogP contribution in [0, 0.1) is 0 Å². The van der Waals surface area contributed by atoms with Crippen molar-refractivity contribution in [3.05, 3.63) is 23.3 Å². The fourth-order valence-electron chi connectivity index (χ4n) is 2.04. The van der Waals surface area contributed by atoms with Crippen molar-refractivity contribution in [3.8, 4) is 0 Å². The van der Waals surface area contributed by atoms with E-state index in [1.165, 1.54) is 13.0 Å². The lowest BCUT2D eigenvalue weighted by Crippen LogP contribution is -2.25. The second kappa shape index (κ2) is 3.52. The van der Waals surface area contributed by atoms with Gasteiger partial charge in [0.25, 0.3) is 0 Å². The van der Waals surface area contributed by atoms with E-state index in [2.05, 4.69) is 0 Å². The SMILES string of the molecule is CC(=O)N1CCc2c(C(=O)O)cc(N)cc21. The third-order valence-corrected chi connectivity index (χ3v) is 2.74. The summed E-state index contributed by atoms with van der Waals surface area (Å²) in [5, 5.41) is 9.04. The van der Waals surface area contributed by atoms with Crippen LogP contribution in [0.15, 0.2) is 12.1 Å². The summed E-state index contributed by atoms with van der Waals surface area (Å²) >= 11 is 0. The van der Waals surface area contributed by atoms with Gasteiger partial charge in [0.2, 0.25) is 5.91 Å². The minimum Gasteiger partial charge on any atom is -0.478 e. The third kappa shape index (κ3) is 1.50. The molecular weight excluding hydrogens is 208 g/mol. The Kier molecular flexibility index (Phi) is 2.30. The van der Waals surface area contributed by atoms with Gasteiger partial charge in [-0.15, -0.1) is 0 Å². The van der Waals surface area contributed by atoms with E-state index in [4.69, 9.17) is 10.8 Å². The molecule has 0 radical (unpaired) electrons. The van der Waals surface area contributed by atoms with E-state index in [-0.39, 0.29) is 11.5 Å². The van der Waals surface area contributed by atoms with Crippen LogP contribution in [0.2, 0.25) is 0 Å². The first-order valence-corrected chi connectivity index (χ1v) is 4.94. The molecule has 1 amide bonds. The first-order chi connectivity index (χ1) is 7.50. The predicted octanol–water partition coefficient (Wildman–Crippen LogP) is 0.876. The zero-order chi connectivity index (χ0) is 11.9. The minimum atomic E-state index is -1.01. The number of hydrogen-bond acceptors (Lipinski definition) is 3. The summed E-state index contributed by atoms with van der Waals surface area (Å²) in [5.74, 6) is -1.10. The van der Waals surface area contributed by atoms with Gasteiger partial charge in [0.15, 0.2) is 0 Å². The summed E-state index contributed by atoms with van der Waals surface area (Å²) < 4.78 is 0. The predicted molar refractivity (Wildman–Crippen MR) is 59.5 cm³/mol. The monoisotopic (exact) mass is 220 g/mol. The Morgan fingerprint density at radius 2 is 2.12 bits per heavy atom. The number of amides is 1. The number of carbonyl (C=O) groups excluding carboxylic acids is 1. The van der Waals surface area contributed by atoms with Gasteiger partial charge in [-0.05, 0) is 24.1 Å².